The van der Waals surface area contributed by atoms with Crippen LogP contribution in [0.25, 0.3) is 0 Å². The standard InChI is InChI=1S/C12H15BrN2O/c1-7-6-8(2-3-9(7)13)12-10(14)4-5-11(16)15-12/h2-3,6,10,12H,4-5,14H2,1H3,(H,15,16). The Bertz CT molecular complexity index is 419. The molecule has 1 fully saturated rings. The molecule has 1 aliphatic rings. The van der Waals surface area contributed by atoms with Gasteiger partial charge in [0.05, 0.1) is 6.04 Å². The number of carbonyl (C=O) groups is 1. The van der Waals surface area contributed by atoms with Gasteiger partial charge < -0.3 is 11.1 Å². The number of benzene rings is 1. The van der Waals surface area contributed by atoms with E-state index in [-0.39, 0.29) is 18.0 Å². The highest BCUT2D eigenvalue weighted by atomic mass is 79.9. The number of carbonyl (C=O) groups excluding carboxylic acids is 1. The van der Waals surface area contributed by atoms with Gasteiger partial charge in [-0.15, -0.1) is 0 Å². The van der Waals surface area contributed by atoms with Gasteiger partial charge in [0.1, 0.15) is 0 Å². The van der Waals surface area contributed by atoms with Crippen molar-refractivity contribution >= 4 is 21.8 Å². The van der Waals surface area contributed by atoms with Crippen molar-refractivity contribution in [2.45, 2.75) is 31.8 Å². The molecule has 0 bridgehead atoms. The molecule has 0 aliphatic carbocycles. The number of amides is 1. The van der Waals surface area contributed by atoms with Crippen LogP contribution < -0.4 is 11.1 Å². The van der Waals surface area contributed by atoms with Crippen LogP contribution in [0.1, 0.15) is 30.0 Å². The molecule has 0 spiro atoms. The number of halogens is 1. The van der Waals surface area contributed by atoms with Crippen LogP contribution in [0.2, 0.25) is 0 Å². The number of nitrogens with one attached hydrogen (secondary N) is 1. The van der Waals surface area contributed by atoms with Crippen molar-refractivity contribution in [2.75, 3.05) is 0 Å². The molecule has 1 aliphatic heterocycles. The molecule has 16 heavy (non-hydrogen) atoms. The fraction of sp³-hybridized carbons (Fsp3) is 0.417. The van der Waals surface area contributed by atoms with Crippen LogP contribution in [0.4, 0.5) is 0 Å². The van der Waals surface area contributed by atoms with E-state index in [0.717, 1.165) is 22.0 Å². The number of hydrogen-bond acceptors (Lipinski definition) is 2. The Labute approximate surface area is 104 Å². The van der Waals surface area contributed by atoms with E-state index in [0.29, 0.717) is 6.42 Å². The van der Waals surface area contributed by atoms with Gasteiger partial charge in [0.2, 0.25) is 5.91 Å². The van der Waals surface area contributed by atoms with E-state index in [9.17, 15) is 4.79 Å². The lowest BCUT2D eigenvalue weighted by molar-refractivity contribution is -0.123. The van der Waals surface area contributed by atoms with Gasteiger partial charge >= 0.3 is 0 Å². The molecule has 2 rings (SSSR count). The molecular weight excluding hydrogens is 268 g/mol. The average Bonchev–Trinajstić information content (AvgIpc) is 2.26. The van der Waals surface area contributed by atoms with E-state index in [2.05, 4.69) is 27.3 Å². The van der Waals surface area contributed by atoms with Crippen LogP contribution in [0.5, 0.6) is 0 Å². The molecule has 1 amide bonds. The molecule has 4 heteroatoms. The summed E-state index contributed by atoms with van der Waals surface area (Å²) in [6.07, 6.45) is 1.29. The minimum atomic E-state index is -0.0481. The second-order valence-electron chi connectivity index (χ2n) is 4.26. The van der Waals surface area contributed by atoms with E-state index < -0.39 is 0 Å². The van der Waals surface area contributed by atoms with Crippen molar-refractivity contribution in [3.8, 4) is 0 Å². The third-order valence-corrected chi connectivity index (χ3v) is 3.88. The first-order valence-corrected chi connectivity index (χ1v) is 6.18. The van der Waals surface area contributed by atoms with Gasteiger partial charge in [0.15, 0.2) is 0 Å². The summed E-state index contributed by atoms with van der Waals surface area (Å²) in [5, 5.41) is 2.95. The topological polar surface area (TPSA) is 55.1 Å². The first-order chi connectivity index (χ1) is 7.58. The van der Waals surface area contributed by atoms with Crippen molar-refractivity contribution in [2.24, 2.45) is 5.73 Å². The van der Waals surface area contributed by atoms with Gasteiger partial charge in [-0.3, -0.25) is 4.79 Å². The third-order valence-electron chi connectivity index (χ3n) is 2.99. The lowest BCUT2D eigenvalue weighted by atomic mass is 9.92. The fourth-order valence-corrected chi connectivity index (χ4v) is 2.26. The summed E-state index contributed by atoms with van der Waals surface area (Å²) in [4.78, 5) is 11.4. The van der Waals surface area contributed by atoms with Gasteiger partial charge in [-0.25, -0.2) is 0 Å². The second-order valence-corrected chi connectivity index (χ2v) is 5.11. The van der Waals surface area contributed by atoms with Crippen molar-refractivity contribution in [1.82, 2.24) is 5.32 Å². The molecule has 0 aromatic heterocycles. The maximum Gasteiger partial charge on any atom is 0.220 e. The smallest absolute Gasteiger partial charge is 0.220 e. The van der Waals surface area contributed by atoms with Crippen LogP contribution in [-0.4, -0.2) is 11.9 Å². The maximum atomic E-state index is 11.4. The molecule has 3 nitrogen and oxygen atoms in total. The van der Waals surface area contributed by atoms with Crippen molar-refractivity contribution in [1.29, 1.82) is 0 Å². The zero-order valence-electron chi connectivity index (χ0n) is 9.16. The van der Waals surface area contributed by atoms with E-state index in [4.69, 9.17) is 5.73 Å². The Morgan fingerprint density at radius 2 is 2.25 bits per heavy atom. The molecule has 2 atom stereocenters. The first kappa shape index (κ1) is 11.6. The Kier molecular flexibility index (Phi) is 3.30. The van der Waals surface area contributed by atoms with Crippen LogP contribution in [0, 0.1) is 6.92 Å². The molecule has 0 saturated carbocycles. The molecule has 3 N–H and O–H groups in total. The Balaban J connectivity index is 2.28. The summed E-state index contributed by atoms with van der Waals surface area (Å²) in [7, 11) is 0. The second kappa shape index (κ2) is 4.55. The van der Waals surface area contributed by atoms with Gasteiger partial charge in [0, 0.05) is 16.9 Å². The Morgan fingerprint density at radius 1 is 1.50 bits per heavy atom. The van der Waals surface area contributed by atoms with Gasteiger partial charge in [-0.05, 0) is 30.5 Å². The lowest BCUT2D eigenvalue weighted by Crippen LogP contribution is -2.45. The van der Waals surface area contributed by atoms with E-state index in [1.54, 1.807) is 0 Å². The SMILES string of the molecule is Cc1cc(C2NC(=O)CCC2N)ccc1Br. The summed E-state index contributed by atoms with van der Waals surface area (Å²) in [5.41, 5.74) is 8.28. The van der Waals surface area contributed by atoms with Crippen LogP contribution in [0.15, 0.2) is 22.7 Å². The summed E-state index contributed by atoms with van der Waals surface area (Å²) in [6, 6.07) is 6.04. The highest BCUT2D eigenvalue weighted by Gasteiger charge is 2.27. The van der Waals surface area contributed by atoms with E-state index in [1.807, 2.05) is 19.1 Å². The normalized spacial score (nSPS) is 25.3. The quantitative estimate of drug-likeness (QED) is 0.828. The molecule has 1 heterocycles. The first-order valence-electron chi connectivity index (χ1n) is 5.39. The summed E-state index contributed by atoms with van der Waals surface area (Å²) >= 11 is 3.46. The lowest BCUT2D eigenvalue weighted by Gasteiger charge is -2.30. The molecule has 0 radical (unpaired) electrons. The Morgan fingerprint density at radius 3 is 2.94 bits per heavy atom. The molecule has 86 valence electrons. The van der Waals surface area contributed by atoms with Crippen LogP contribution in [-0.2, 0) is 4.79 Å². The van der Waals surface area contributed by atoms with E-state index >= 15 is 0 Å². The number of rotatable bonds is 1. The molecular formula is C12H15BrN2O. The maximum absolute atomic E-state index is 11.4. The van der Waals surface area contributed by atoms with Gasteiger partial charge in [0.25, 0.3) is 0 Å². The minimum absolute atomic E-state index is 0.0123. The van der Waals surface area contributed by atoms with Crippen LogP contribution >= 0.6 is 15.9 Å². The molecule has 1 saturated heterocycles. The highest BCUT2D eigenvalue weighted by molar-refractivity contribution is 9.10. The number of nitrogens with two attached hydrogens (primary N) is 1. The van der Waals surface area contributed by atoms with Crippen molar-refractivity contribution in [3.63, 3.8) is 0 Å². The summed E-state index contributed by atoms with van der Waals surface area (Å²) in [6.45, 7) is 2.03. The fourth-order valence-electron chi connectivity index (χ4n) is 2.01. The van der Waals surface area contributed by atoms with Crippen LogP contribution in [0.3, 0.4) is 0 Å². The van der Waals surface area contributed by atoms with Crippen molar-refractivity contribution < 1.29 is 4.79 Å². The largest absolute Gasteiger partial charge is 0.348 e. The molecule has 2 unspecified atom stereocenters. The van der Waals surface area contributed by atoms with E-state index in [1.165, 1.54) is 0 Å². The summed E-state index contributed by atoms with van der Waals surface area (Å²) < 4.78 is 1.08. The Hall–Kier alpha value is -0.870. The van der Waals surface area contributed by atoms with Crippen molar-refractivity contribution in [3.05, 3.63) is 33.8 Å². The predicted octanol–water partition coefficient (Wildman–Crippen LogP) is 2.04. The third kappa shape index (κ3) is 2.28. The summed E-state index contributed by atoms with van der Waals surface area (Å²) in [5.74, 6) is 0.0901. The molecule has 1 aromatic rings. The number of aryl methyl sites for hydroxylation is 1. The average molecular weight is 283 g/mol. The van der Waals surface area contributed by atoms with Gasteiger partial charge in [-0.1, -0.05) is 28.1 Å². The van der Waals surface area contributed by atoms with Gasteiger partial charge in [-0.2, -0.15) is 0 Å². The zero-order chi connectivity index (χ0) is 11.7. The predicted molar refractivity (Wildman–Crippen MR) is 67.0 cm³/mol. The zero-order valence-corrected chi connectivity index (χ0v) is 10.8. The number of piperidine rings is 1. The highest BCUT2D eigenvalue weighted by Crippen LogP contribution is 2.26. The minimum Gasteiger partial charge on any atom is -0.348 e. The monoisotopic (exact) mass is 282 g/mol. The number of hydrogen-bond donors (Lipinski definition) is 2. The molecule has 1 aromatic carbocycles.